The highest BCUT2D eigenvalue weighted by Gasteiger charge is 2.25. The number of carbonyl (C=O) groups is 1. The molecule has 2 aliphatic heterocycles. The molecule has 0 saturated carbocycles. The van der Waals surface area contributed by atoms with E-state index in [2.05, 4.69) is 16.7 Å². The molecular formula is C13H16N2O. The van der Waals surface area contributed by atoms with Gasteiger partial charge in [0, 0.05) is 11.7 Å². The molecule has 3 rings (SSSR count). The Hall–Kier alpha value is -1.35. The first-order valence-corrected chi connectivity index (χ1v) is 5.99. The molecule has 0 aromatic heterocycles. The molecule has 1 aromatic carbocycles. The molecule has 1 amide bonds. The Labute approximate surface area is 95.2 Å². The van der Waals surface area contributed by atoms with Crippen molar-refractivity contribution in [3.63, 3.8) is 0 Å². The molecule has 2 aliphatic rings. The van der Waals surface area contributed by atoms with Crippen LogP contribution in [0.25, 0.3) is 0 Å². The van der Waals surface area contributed by atoms with Crippen molar-refractivity contribution in [2.24, 2.45) is 0 Å². The summed E-state index contributed by atoms with van der Waals surface area (Å²) in [5, 5.41) is 6.45. The lowest BCUT2D eigenvalue weighted by atomic mass is 9.92. The molecule has 84 valence electrons. The molecule has 1 atom stereocenters. The van der Waals surface area contributed by atoms with Crippen LogP contribution in [0.1, 0.15) is 36.4 Å². The maximum Gasteiger partial charge on any atom is 0.228 e. The Bertz CT molecular complexity index is 422. The molecule has 16 heavy (non-hydrogen) atoms. The van der Waals surface area contributed by atoms with Gasteiger partial charge in [0.05, 0.1) is 6.42 Å². The van der Waals surface area contributed by atoms with Crippen molar-refractivity contribution in [3.8, 4) is 0 Å². The van der Waals surface area contributed by atoms with Crippen molar-refractivity contribution in [1.82, 2.24) is 5.32 Å². The quantitative estimate of drug-likeness (QED) is 0.753. The third-order valence-corrected chi connectivity index (χ3v) is 3.51. The Morgan fingerprint density at radius 1 is 1.25 bits per heavy atom. The van der Waals surface area contributed by atoms with E-state index in [0.717, 1.165) is 12.2 Å². The highest BCUT2D eigenvalue weighted by molar-refractivity contribution is 5.99. The molecule has 0 spiro atoms. The summed E-state index contributed by atoms with van der Waals surface area (Å²) in [4.78, 5) is 11.4. The van der Waals surface area contributed by atoms with Crippen molar-refractivity contribution in [2.75, 3.05) is 11.9 Å². The monoisotopic (exact) mass is 216 g/mol. The van der Waals surface area contributed by atoms with Gasteiger partial charge in [0.15, 0.2) is 0 Å². The fourth-order valence-electron chi connectivity index (χ4n) is 2.72. The van der Waals surface area contributed by atoms with Crippen LogP contribution in [-0.2, 0) is 11.2 Å². The van der Waals surface area contributed by atoms with Crippen LogP contribution in [0, 0.1) is 0 Å². The van der Waals surface area contributed by atoms with Gasteiger partial charge in [-0.1, -0.05) is 18.6 Å². The predicted molar refractivity (Wildman–Crippen MR) is 63.4 cm³/mol. The molecule has 1 saturated heterocycles. The summed E-state index contributed by atoms with van der Waals surface area (Å²) in [7, 11) is 0. The first-order chi connectivity index (χ1) is 7.84. The van der Waals surface area contributed by atoms with Gasteiger partial charge in [-0.15, -0.1) is 0 Å². The second-order valence-electron chi connectivity index (χ2n) is 4.60. The van der Waals surface area contributed by atoms with Gasteiger partial charge < -0.3 is 10.6 Å². The normalized spacial score (nSPS) is 24.0. The number of rotatable bonds is 1. The number of piperidine rings is 1. The van der Waals surface area contributed by atoms with Crippen LogP contribution < -0.4 is 10.6 Å². The first kappa shape index (κ1) is 9.85. The predicted octanol–water partition coefficient (Wildman–Crippen LogP) is 2.00. The Balaban J connectivity index is 1.95. The van der Waals surface area contributed by atoms with Gasteiger partial charge in [-0.3, -0.25) is 4.79 Å². The van der Waals surface area contributed by atoms with Crippen molar-refractivity contribution in [2.45, 2.75) is 31.7 Å². The molecule has 3 nitrogen and oxygen atoms in total. The summed E-state index contributed by atoms with van der Waals surface area (Å²) in [5.74, 6) is 0.123. The molecule has 0 bridgehead atoms. The fraction of sp³-hybridized carbons (Fsp3) is 0.462. The molecule has 3 heteroatoms. The summed E-state index contributed by atoms with van der Waals surface area (Å²) in [6.07, 6.45) is 4.28. The molecule has 0 aliphatic carbocycles. The van der Waals surface area contributed by atoms with E-state index in [4.69, 9.17) is 0 Å². The second kappa shape index (κ2) is 3.91. The number of anilines is 1. The first-order valence-electron chi connectivity index (χ1n) is 5.99. The molecular weight excluding hydrogens is 200 g/mol. The molecule has 1 aromatic rings. The average Bonchev–Trinajstić information content (AvgIpc) is 2.70. The second-order valence-corrected chi connectivity index (χ2v) is 4.60. The van der Waals surface area contributed by atoms with Crippen LogP contribution in [0.2, 0.25) is 0 Å². The maximum absolute atomic E-state index is 11.4. The largest absolute Gasteiger partial charge is 0.326 e. The number of hydrogen-bond acceptors (Lipinski definition) is 2. The van der Waals surface area contributed by atoms with Crippen LogP contribution >= 0.6 is 0 Å². The number of carbonyl (C=O) groups excluding carboxylic acids is 1. The lowest BCUT2D eigenvalue weighted by Crippen LogP contribution is -2.27. The lowest BCUT2D eigenvalue weighted by Gasteiger charge is -2.25. The van der Waals surface area contributed by atoms with Gasteiger partial charge in [0.1, 0.15) is 0 Å². The molecule has 0 radical (unpaired) electrons. The van der Waals surface area contributed by atoms with E-state index in [1.54, 1.807) is 0 Å². The number of amides is 1. The summed E-state index contributed by atoms with van der Waals surface area (Å²) < 4.78 is 0. The third-order valence-electron chi connectivity index (χ3n) is 3.51. The molecule has 2 N–H and O–H groups in total. The van der Waals surface area contributed by atoms with E-state index in [9.17, 15) is 4.79 Å². The van der Waals surface area contributed by atoms with E-state index >= 15 is 0 Å². The zero-order valence-corrected chi connectivity index (χ0v) is 9.25. The minimum Gasteiger partial charge on any atom is -0.326 e. The Morgan fingerprint density at radius 2 is 2.19 bits per heavy atom. The Morgan fingerprint density at radius 3 is 3.00 bits per heavy atom. The SMILES string of the molecule is O=C1Cc2c(cccc2C2CCCCN2)N1. The van der Waals surface area contributed by atoms with E-state index in [-0.39, 0.29) is 5.91 Å². The summed E-state index contributed by atoms with van der Waals surface area (Å²) in [6, 6.07) is 6.63. The van der Waals surface area contributed by atoms with Gasteiger partial charge in [0.2, 0.25) is 5.91 Å². The zero-order chi connectivity index (χ0) is 11.0. The molecule has 1 fully saturated rings. The van der Waals surface area contributed by atoms with Crippen LogP contribution in [0.15, 0.2) is 18.2 Å². The van der Waals surface area contributed by atoms with Crippen LogP contribution in [0.5, 0.6) is 0 Å². The lowest BCUT2D eigenvalue weighted by molar-refractivity contribution is -0.115. The number of benzene rings is 1. The average molecular weight is 216 g/mol. The summed E-state index contributed by atoms with van der Waals surface area (Å²) in [5.41, 5.74) is 3.53. The third kappa shape index (κ3) is 1.61. The van der Waals surface area contributed by atoms with E-state index < -0.39 is 0 Å². The fourth-order valence-corrected chi connectivity index (χ4v) is 2.72. The van der Waals surface area contributed by atoms with Gasteiger partial charge in [-0.05, 0) is 36.6 Å². The summed E-state index contributed by atoms with van der Waals surface area (Å²) in [6.45, 7) is 1.09. The van der Waals surface area contributed by atoms with Crippen molar-refractivity contribution in [3.05, 3.63) is 29.3 Å². The van der Waals surface area contributed by atoms with Gasteiger partial charge >= 0.3 is 0 Å². The Kier molecular flexibility index (Phi) is 2.40. The van der Waals surface area contributed by atoms with E-state index in [1.807, 2.05) is 12.1 Å². The van der Waals surface area contributed by atoms with Gasteiger partial charge in [0.25, 0.3) is 0 Å². The topological polar surface area (TPSA) is 41.1 Å². The number of hydrogen-bond donors (Lipinski definition) is 2. The van der Waals surface area contributed by atoms with E-state index in [1.165, 1.54) is 30.4 Å². The van der Waals surface area contributed by atoms with Crippen molar-refractivity contribution >= 4 is 11.6 Å². The van der Waals surface area contributed by atoms with Crippen molar-refractivity contribution in [1.29, 1.82) is 0 Å². The highest BCUT2D eigenvalue weighted by Crippen LogP contribution is 2.33. The van der Waals surface area contributed by atoms with Crippen molar-refractivity contribution < 1.29 is 4.79 Å². The highest BCUT2D eigenvalue weighted by atomic mass is 16.1. The van der Waals surface area contributed by atoms with Gasteiger partial charge in [-0.2, -0.15) is 0 Å². The standard InChI is InChI=1S/C13H16N2O/c16-13-8-10-9(4-3-6-12(10)15-13)11-5-1-2-7-14-11/h3-4,6,11,14H,1-2,5,7-8H2,(H,15,16). The molecule has 2 heterocycles. The minimum atomic E-state index is 0.123. The smallest absolute Gasteiger partial charge is 0.228 e. The van der Waals surface area contributed by atoms with Crippen LogP contribution in [0.4, 0.5) is 5.69 Å². The zero-order valence-electron chi connectivity index (χ0n) is 9.25. The number of fused-ring (bicyclic) bond motifs is 1. The maximum atomic E-state index is 11.4. The van der Waals surface area contributed by atoms with Gasteiger partial charge in [-0.25, -0.2) is 0 Å². The minimum absolute atomic E-state index is 0.123. The van der Waals surface area contributed by atoms with Crippen LogP contribution in [0.3, 0.4) is 0 Å². The summed E-state index contributed by atoms with van der Waals surface area (Å²) >= 11 is 0. The number of nitrogens with one attached hydrogen (secondary N) is 2. The van der Waals surface area contributed by atoms with Crippen LogP contribution in [-0.4, -0.2) is 12.5 Å². The van der Waals surface area contributed by atoms with E-state index in [0.29, 0.717) is 12.5 Å². The molecule has 1 unspecified atom stereocenters.